The molecule has 0 fully saturated rings. The van der Waals surface area contributed by atoms with Gasteiger partial charge in [0, 0.05) is 5.56 Å². The van der Waals surface area contributed by atoms with Crippen LogP contribution in [0.3, 0.4) is 0 Å². The van der Waals surface area contributed by atoms with E-state index in [1.807, 2.05) is 0 Å². The fourth-order valence-electron chi connectivity index (χ4n) is 1.10. The monoisotopic (exact) mass is 226 g/mol. The molecule has 0 N–H and O–H groups in total. The molecule has 1 aromatic rings. The van der Waals surface area contributed by atoms with Crippen LogP contribution in [-0.2, 0) is 0 Å². The summed E-state index contributed by atoms with van der Waals surface area (Å²) in [5, 5.41) is 0. The molecule has 0 saturated carbocycles. The first-order valence-electron chi connectivity index (χ1n) is 3.70. The molecule has 0 radical (unpaired) electrons. The summed E-state index contributed by atoms with van der Waals surface area (Å²) in [6, 6.07) is 3.31. The normalized spacial score (nSPS) is 10.6. The molecule has 0 spiro atoms. The van der Waals surface area contributed by atoms with Crippen molar-refractivity contribution in [1.29, 1.82) is 0 Å². The summed E-state index contributed by atoms with van der Waals surface area (Å²) in [7, 11) is 0. The van der Waals surface area contributed by atoms with Crippen LogP contribution in [0.5, 0.6) is 0 Å². The van der Waals surface area contributed by atoms with Crippen LogP contribution in [0.2, 0.25) is 0 Å². The molecule has 1 aromatic carbocycles. The van der Waals surface area contributed by atoms with E-state index in [1.165, 1.54) is 13.0 Å². The predicted molar refractivity (Wildman–Crippen MR) is 45.3 cm³/mol. The van der Waals surface area contributed by atoms with Crippen LogP contribution in [0.4, 0.5) is 12.9 Å². The molecule has 0 atom stereocenters. The predicted octanol–water partition coefficient (Wildman–Crippen LogP) is -1.13. The third-order valence-corrected chi connectivity index (χ3v) is 1.64. The molecule has 70 valence electrons. The van der Waals surface area contributed by atoms with E-state index in [2.05, 4.69) is 0 Å². The van der Waals surface area contributed by atoms with E-state index >= 15 is 0 Å². The molecule has 0 aliphatic carbocycles. The molecule has 1 rings (SSSR count). The molecule has 0 amide bonds. The molecule has 0 bridgehead atoms. The van der Waals surface area contributed by atoms with Gasteiger partial charge in [0.2, 0.25) is 0 Å². The second kappa shape index (κ2) is 5.46. The second-order valence-corrected chi connectivity index (χ2v) is 2.87. The molecule has 0 unspecified atom stereocenters. The van der Waals surface area contributed by atoms with Crippen molar-refractivity contribution >= 4 is 18.7 Å². The molecule has 0 aliphatic rings. The van der Waals surface area contributed by atoms with E-state index in [0.29, 0.717) is 11.8 Å². The largest absolute Gasteiger partial charge is 1.00 e. The number of halogens is 3. The van der Waals surface area contributed by atoms with Gasteiger partial charge in [0.25, 0.3) is 0 Å². The minimum atomic E-state index is -5.01. The molecule has 1 nitrogen and oxygen atoms in total. The number of rotatable bonds is 2. The summed E-state index contributed by atoms with van der Waals surface area (Å²) in [4.78, 5) is 10.3. The number of aldehydes is 1. The number of hydrogen-bond acceptors (Lipinski definition) is 1. The number of hydrogen-bond donors (Lipinski definition) is 0. The van der Waals surface area contributed by atoms with E-state index in [0.717, 1.165) is 12.1 Å². The maximum Gasteiger partial charge on any atom is 1.00 e. The van der Waals surface area contributed by atoms with Crippen molar-refractivity contribution in [3.05, 3.63) is 29.3 Å². The smallest absolute Gasteiger partial charge is 0.445 e. The van der Waals surface area contributed by atoms with Crippen molar-refractivity contribution < 1.29 is 69.1 Å². The summed E-state index contributed by atoms with van der Waals surface area (Å²) < 4.78 is 36.7. The molecule has 0 heterocycles. The van der Waals surface area contributed by atoms with Crippen LogP contribution in [0.25, 0.3) is 0 Å². The fourth-order valence-corrected chi connectivity index (χ4v) is 1.10. The zero-order valence-corrected chi connectivity index (χ0v) is 11.1. The van der Waals surface area contributed by atoms with E-state index < -0.39 is 12.4 Å². The van der Waals surface area contributed by atoms with Crippen molar-refractivity contribution in [2.75, 3.05) is 0 Å². The Balaban J connectivity index is 0.00000169. The fraction of sp³-hybridized carbons (Fsp3) is 0.125. The Morgan fingerprint density at radius 2 is 1.79 bits per heavy atom. The van der Waals surface area contributed by atoms with Gasteiger partial charge in [0.1, 0.15) is 6.29 Å². The number of benzene rings is 1. The number of aryl methyl sites for hydroxylation is 1. The average Bonchev–Trinajstić information content (AvgIpc) is 2.01. The first-order chi connectivity index (χ1) is 5.93. The SMILES string of the molecule is Cc1cc(C=O)cc([B-](F)(F)F)c1.[K+]. The van der Waals surface area contributed by atoms with Crippen LogP contribution in [0, 0.1) is 6.92 Å². The Hall–Kier alpha value is 0.381. The van der Waals surface area contributed by atoms with Crippen LogP contribution in [0.1, 0.15) is 15.9 Å². The summed E-state index contributed by atoms with van der Waals surface area (Å²) in [6.07, 6.45) is 0.415. The molecule has 0 aliphatic heterocycles. The number of carbonyl (C=O) groups excluding carboxylic acids is 1. The molecule has 14 heavy (non-hydrogen) atoms. The molecule has 0 aromatic heterocycles. The van der Waals surface area contributed by atoms with Gasteiger partial charge in [0.05, 0.1) is 0 Å². The van der Waals surface area contributed by atoms with Gasteiger partial charge in [-0.15, -0.1) is 5.46 Å². The second-order valence-electron chi connectivity index (χ2n) is 2.87. The van der Waals surface area contributed by atoms with Gasteiger partial charge in [-0.05, 0) is 13.0 Å². The van der Waals surface area contributed by atoms with Gasteiger partial charge in [0.15, 0.2) is 0 Å². The van der Waals surface area contributed by atoms with Crippen molar-refractivity contribution in [2.24, 2.45) is 0 Å². The number of carbonyl (C=O) groups is 1. The zero-order valence-electron chi connectivity index (χ0n) is 7.93. The van der Waals surface area contributed by atoms with Gasteiger partial charge >= 0.3 is 58.4 Å². The first kappa shape index (κ1) is 14.4. The van der Waals surface area contributed by atoms with Crippen molar-refractivity contribution in [3.63, 3.8) is 0 Å². The Labute approximate surface area is 123 Å². The van der Waals surface area contributed by atoms with Crippen LogP contribution in [-0.4, -0.2) is 13.3 Å². The third kappa shape index (κ3) is 3.86. The van der Waals surface area contributed by atoms with Gasteiger partial charge < -0.3 is 12.9 Å². The van der Waals surface area contributed by atoms with E-state index in [1.54, 1.807) is 0 Å². The van der Waals surface area contributed by atoms with Crippen LogP contribution in [0.15, 0.2) is 18.2 Å². The first-order valence-corrected chi connectivity index (χ1v) is 3.70. The minimum Gasteiger partial charge on any atom is -0.445 e. The Bertz CT molecular complexity index is 338. The molecular weight excluding hydrogens is 219 g/mol. The van der Waals surface area contributed by atoms with Crippen LogP contribution < -0.4 is 56.8 Å². The Kier molecular flexibility index (Phi) is 5.61. The maximum atomic E-state index is 12.2. The van der Waals surface area contributed by atoms with E-state index in [9.17, 15) is 17.7 Å². The minimum absolute atomic E-state index is 0. The average molecular weight is 226 g/mol. The summed E-state index contributed by atoms with van der Waals surface area (Å²) in [6.45, 7) is -3.48. The van der Waals surface area contributed by atoms with Gasteiger partial charge in [-0.3, -0.25) is 4.79 Å². The van der Waals surface area contributed by atoms with E-state index in [-0.39, 0.29) is 56.9 Å². The summed E-state index contributed by atoms with van der Waals surface area (Å²) >= 11 is 0. The summed E-state index contributed by atoms with van der Waals surface area (Å²) in [5.74, 6) is 0. The maximum absolute atomic E-state index is 12.2. The van der Waals surface area contributed by atoms with Crippen molar-refractivity contribution in [2.45, 2.75) is 6.92 Å². The standard InChI is InChI=1S/C8H7BF3O.K/c1-6-2-7(5-13)4-8(3-6)9(10,11)12;/h2-5H,1H3;/q-1;+1. The van der Waals surface area contributed by atoms with Crippen LogP contribution >= 0.6 is 0 Å². The quantitative estimate of drug-likeness (QED) is 0.460. The molecule has 0 saturated heterocycles. The van der Waals surface area contributed by atoms with Gasteiger partial charge in [-0.25, -0.2) is 0 Å². The van der Waals surface area contributed by atoms with Crippen molar-refractivity contribution in [3.8, 4) is 0 Å². The van der Waals surface area contributed by atoms with Crippen molar-refractivity contribution in [1.82, 2.24) is 0 Å². The Morgan fingerprint density at radius 3 is 2.21 bits per heavy atom. The molecule has 6 heteroatoms. The zero-order chi connectivity index (χ0) is 10.1. The third-order valence-electron chi connectivity index (χ3n) is 1.64. The topological polar surface area (TPSA) is 17.1 Å². The summed E-state index contributed by atoms with van der Waals surface area (Å²) in [5.41, 5.74) is -0.213. The van der Waals surface area contributed by atoms with E-state index in [4.69, 9.17) is 0 Å². The van der Waals surface area contributed by atoms with Gasteiger partial charge in [-0.2, -0.15) is 0 Å². The Morgan fingerprint density at radius 1 is 1.21 bits per heavy atom. The van der Waals surface area contributed by atoms with Gasteiger partial charge in [-0.1, -0.05) is 17.7 Å². The molecular formula is C8H7BF3KO.